The molecular weight excluding hydrogens is 405 g/mol. The maximum atomic E-state index is 13.6. The number of rotatable bonds is 2. The number of aromatic amines is 3. The van der Waals surface area contributed by atoms with E-state index in [1.165, 1.54) is 6.33 Å². The third-order valence-corrected chi connectivity index (χ3v) is 4.60. The molecule has 4 radical (unpaired) electrons. The van der Waals surface area contributed by atoms with Crippen LogP contribution in [-0.4, -0.2) is 50.9 Å². The molecule has 2 heterocycles. The second kappa shape index (κ2) is 7.53. The normalized spacial score (nSPS) is 13.5. The first-order valence-corrected chi connectivity index (χ1v) is 8.94. The van der Waals surface area contributed by atoms with Crippen molar-refractivity contribution in [1.29, 1.82) is 0 Å². The third kappa shape index (κ3) is 3.76. The summed E-state index contributed by atoms with van der Waals surface area (Å²) in [7, 11) is 11.7. The van der Waals surface area contributed by atoms with Crippen LogP contribution >= 0.6 is 0 Å². The van der Waals surface area contributed by atoms with Gasteiger partial charge in [-0.3, -0.25) is 9.59 Å². The maximum absolute atomic E-state index is 13.6. The highest BCUT2D eigenvalue weighted by molar-refractivity contribution is 6.41. The summed E-state index contributed by atoms with van der Waals surface area (Å²) in [5, 5.41) is 28.5. The van der Waals surface area contributed by atoms with Crippen LogP contribution in [0.2, 0.25) is 0 Å². The number of hydrogen-bond acceptors (Lipinski definition) is 6. The lowest BCUT2D eigenvalue weighted by atomic mass is 9.83. The first-order chi connectivity index (χ1) is 14.3. The minimum absolute atomic E-state index is 0.0736. The molecule has 0 spiro atoms. The Morgan fingerprint density at radius 1 is 1.10 bits per heavy atom. The fourth-order valence-electron chi connectivity index (χ4n) is 2.97. The number of benzene rings is 1. The van der Waals surface area contributed by atoms with Crippen LogP contribution in [0.4, 0.5) is 4.39 Å². The van der Waals surface area contributed by atoms with E-state index in [2.05, 4.69) is 19.9 Å². The zero-order valence-corrected chi connectivity index (χ0v) is 16.8. The van der Waals surface area contributed by atoms with E-state index in [1.54, 1.807) is 0 Å². The van der Waals surface area contributed by atoms with Crippen molar-refractivity contribution in [2.24, 2.45) is 0 Å². The molecular formula is C19H17B2FN4O5. The number of nitrogens with one attached hydrogen (secondary N) is 3. The molecule has 0 bridgehead atoms. The van der Waals surface area contributed by atoms with Crippen molar-refractivity contribution < 1.29 is 19.7 Å². The average molecular weight is 422 g/mol. The van der Waals surface area contributed by atoms with Gasteiger partial charge in [0.15, 0.2) is 11.5 Å². The third-order valence-electron chi connectivity index (χ3n) is 4.60. The monoisotopic (exact) mass is 422 g/mol. The van der Waals surface area contributed by atoms with Crippen molar-refractivity contribution in [1.82, 2.24) is 19.9 Å². The molecule has 0 fully saturated rings. The van der Waals surface area contributed by atoms with Gasteiger partial charge < -0.3 is 30.3 Å². The van der Waals surface area contributed by atoms with Gasteiger partial charge in [-0.25, -0.2) is 4.98 Å². The number of aromatic hydroxyl groups is 3. The molecule has 0 saturated carbocycles. The molecule has 3 rings (SSSR count). The lowest BCUT2D eigenvalue weighted by molar-refractivity contribution is 0.359. The highest BCUT2D eigenvalue weighted by atomic mass is 19.1. The Kier molecular flexibility index (Phi) is 5.35. The van der Waals surface area contributed by atoms with Crippen LogP contribution < -0.4 is 27.3 Å². The Balaban J connectivity index is 2.30. The summed E-state index contributed by atoms with van der Waals surface area (Å²) in [5.41, 5.74) is -2.25. The maximum Gasteiger partial charge on any atom is 0.272 e. The van der Waals surface area contributed by atoms with Gasteiger partial charge in [0, 0.05) is 16.7 Å². The second-order valence-corrected chi connectivity index (χ2v) is 7.82. The highest BCUT2D eigenvalue weighted by Gasteiger charge is 2.22. The molecule has 9 nitrogen and oxygen atoms in total. The van der Waals surface area contributed by atoms with Crippen LogP contribution in [0.3, 0.4) is 0 Å². The Morgan fingerprint density at radius 3 is 2.35 bits per heavy atom. The van der Waals surface area contributed by atoms with Gasteiger partial charge in [-0.05, 0) is 17.0 Å². The van der Waals surface area contributed by atoms with Crippen LogP contribution in [0, 0.1) is 5.82 Å². The zero-order valence-electron chi connectivity index (χ0n) is 16.8. The number of H-pyrrole nitrogens is 3. The van der Waals surface area contributed by atoms with Crippen molar-refractivity contribution in [3.63, 3.8) is 0 Å². The first-order valence-electron chi connectivity index (χ1n) is 8.94. The lowest BCUT2D eigenvalue weighted by Gasteiger charge is -2.18. The average Bonchev–Trinajstić information content (AvgIpc) is 3.20. The molecule has 156 valence electrons. The van der Waals surface area contributed by atoms with E-state index < -0.39 is 50.6 Å². The van der Waals surface area contributed by atoms with Gasteiger partial charge >= 0.3 is 0 Å². The van der Waals surface area contributed by atoms with Crippen molar-refractivity contribution in [2.75, 3.05) is 0 Å². The number of nitrogens with zero attached hydrogens (tertiary/aromatic N) is 1. The van der Waals surface area contributed by atoms with E-state index in [9.17, 15) is 29.3 Å². The largest absolute Gasteiger partial charge is 0.505 e. The molecule has 0 saturated heterocycles. The summed E-state index contributed by atoms with van der Waals surface area (Å²) < 4.78 is 13.6. The summed E-state index contributed by atoms with van der Waals surface area (Å²) in [6, 6.07) is 0. The molecule has 0 amide bonds. The van der Waals surface area contributed by atoms with Crippen molar-refractivity contribution in [3.05, 3.63) is 60.5 Å². The Hall–Kier alpha value is -3.69. The molecule has 0 atom stereocenters. The fourth-order valence-corrected chi connectivity index (χ4v) is 2.97. The first kappa shape index (κ1) is 22.0. The Labute approximate surface area is 176 Å². The van der Waals surface area contributed by atoms with Gasteiger partial charge in [0.05, 0.1) is 12.0 Å². The van der Waals surface area contributed by atoms with Crippen LogP contribution in [0.25, 0.3) is 11.5 Å². The van der Waals surface area contributed by atoms with E-state index in [1.807, 2.05) is 20.8 Å². The minimum Gasteiger partial charge on any atom is -0.505 e. The highest BCUT2D eigenvalue weighted by Crippen LogP contribution is 2.35. The van der Waals surface area contributed by atoms with Crippen LogP contribution in [-0.2, 0) is 5.41 Å². The molecule has 6 N–H and O–H groups in total. The van der Waals surface area contributed by atoms with Crippen molar-refractivity contribution in [3.8, 4) is 17.2 Å². The number of halogens is 1. The number of hydrogen-bond donors (Lipinski definition) is 6. The molecule has 31 heavy (non-hydrogen) atoms. The number of phenols is 3. The summed E-state index contributed by atoms with van der Waals surface area (Å²) >= 11 is 0. The molecule has 0 aliphatic carbocycles. The summed E-state index contributed by atoms with van der Waals surface area (Å²) in [6.45, 7) is 5.73. The molecule has 0 aliphatic heterocycles. The number of phenolic OH excluding ortho intramolecular Hbond substituents is 3. The lowest BCUT2D eigenvalue weighted by Crippen LogP contribution is -2.48. The van der Waals surface area contributed by atoms with Crippen LogP contribution in [0.5, 0.6) is 17.2 Å². The van der Waals surface area contributed by atoms with Crippen molar-refractivity contribution >= 4 is 32.7 Å². The summed E-state index contributed by atoms with van der Waals surface area (Å²) in [6.07, 6.45) is 2.29. The van der Waals surface area contributed by atoms with Gasteiger partial charge in [-0.1, -0.05) is 20.8 Å². The van der Waals surface area contributed by atoms with E-state index in [-0.39, 0.29) is 16.2 Å². The van der Waals surface area contributed by atoms with Gasteiger partial charge in [0.25, 0.3) is 11.1 Å². The topological polar surface area (TPSA) is 155 Å². The molecule has 2 aromatic heterocycles. The smallest absolute Gasteiger partial charge is 0.272 e. The molecule has 0 aliphatic rings. The molecule has 12 heteroatoms. The predicted molar refractivity (Wildman–Crippen MR) is 113 cm³/mol. The van der Waals surface area contributed by atoms with Gasteiger partial charge in [0.1, 0.15) is 32.1 Å². The van der Waals surface area contributed by atoms with E-state index in [0.717, 1.165) is 6.08 Å². The van der Waals surface area contributed by atoms with Crippen LogP contribution in [0.1, 0.15) is 37.7 Å². The summed E-state index contributed by atoms with van der Waals surface area (Å²) in [4.78, 5) is 36.9. The van der Waals surface area contributed by atoms with E-state index in [4.69, 9.17) is 15.7 Å². The van der Waals surface area contributed by atoms with Gasteiger partial charge in [-0.2, -0.15) is 4.39 Å². The van der Waals surface area contributed by atoms with E-state index >= 15 is 0 Å². The van der Waals surface area contributed by atoms with E-state index in [0.29, 0.717) is 11.4 Å². The number of aromatic nitrogens is 4. The van der Waals surface area contributed by atoms with Gasteiger partial charge in [0.2, 0.25) is 5.82 Å². The molecule has 3 aromatic rings. The Morgan fingerprint density at radius 2 is 1.74 bits per heavy atom. The van der Waals surface area contributed by atoms with Gasteiger partial charge in [-0.15, -0.1) is 0 Å². The Bertz CT molecular complexity index is 1400. The van der Waals surface area contributed by atoms with Crippen molar-refractivity contribution in [2.45, 2.75) is 26.2 Å². The quantitative estimate of drug-likeness (QED) is 0.164. The molecule has 0 unspecified atom stereocenters. The second-order valence-electron chi connectivity index (χ2n) is 7.82. The number of imidazole rings is 1. The minimum atomic E-state index is -1.53. The fraction of sp³-hybridized carbons (Fsp3) is 0.211. The summed E-state index contributed by atoms with van der Waals surface area (Å²) in [5.74, 6) is -4.93. The SMILES string of the molecule is [B]/C(c1nc[nH]c1C(C)(C)C)=c1/[nH]c(=O)/c(=C/c2c([B])c(O)c(F)c(O)c2O)[nH]c1=O. The molecule has 1 aromatic carbocycles. The predicted octanol–water partition coefficient (Wildman–Crippen LogP) is -1.71. The zero-order chi connectivity index (χ0) is 23.2. The van der Waals surface area contributed by atoms with Crippen LogP contribution in [0.15, 0.2) is 15.9 Å². The standard InChI is InChI=1S/C19H17B2FN4O5/c1-19(2,3)16-11(23-5-24-16)9(21)12-18(31)25-7(17(30)26-12)4-6-8(20)14(28)10(22)15(29)13(6)27/h4-5,27-29H,1-3H3,(H,23,24)(H,25,31)(H,26,30)/b7-4-,12-9+.